The van der Waals surface area contributed by atoms with E-state index in [1.165, 1.54) is 11.3 Å². The maximum atomic E-state index is 11.7. The van der Waals surface area contributed by atoms with Gasteiger partial charge in [-0.25, -0.2) is 0 Å². The molecular formula is C11H16N2O2S2. The Balaban J connectivity index is 2.23. The second kappa shape index (κ2) is 7.24. The van der Waals surface area contributed by atoms with Gasteiger partial charge in [0.2, 0.25) is 0 Å². The van der Waals surface area contributed by atoms with Crippen molar-refractivity contribution in [2.45, 2.75) is 19.3 Å². The first-order valence-electron chi connectivity index (χ1n) is 5.32. The fourth-order valence-electron chi connectivity index (χ4n) is 1.26. The summed E-state index contributed by atoms with van der Waals surface area (Å²) in [7, 11) is 1.58. The fraction of sp³-hybridized carbons (Fsp3) is 0.455. The van der Waals surface area contributed by atoms with Gasteiger partial charge in [-0.1, -0.05) is 12.2 Å². The van der Waals surface area contributed by atoms with Crippen LogP contribution in [0.5, 0.6) is 5.75 Å². The lowest BCUT2D eigenvalue weighted by Crippen LogP contribution is -2.23. The molecule has 0 bridgehead atoms. The van der Waals surface area contributed by atoms with Crippen LogP contribution in [0.15, 0.2) is 11.4 Å². The third-order valence-corrected chi connectivity index (χ3v) is 3.28. The second-order valence-corrected chi connectivity index (χ2v) is 4.97. The van der Waals surface area contributed by atoms with Crippen LogP contribution >= 0.6 is 23.6 Å². The first-order chi connectivity index (χ1) is 8.13. The molecule has 0 radical (unpaired) electrons. The van der Waals surface area contributed by atoms with Crippen molar-refractivity contribution in [2.24, 2.45) is 5.73 Å². The largest absolute Gasteiger partial charge is 0.496 e. The van der Waals surface area contributed by atoms with Crippen LogP contribution in [0.4, 0.5) is 0 Å². The predicted molar refractivity (Wildman–Crippen MR) is 73.8 cm³/mol. The number of hydrogen-bond donors (Lipinski definition) is 2. The number of hydrogen-bond acceptors (Lipinski definition) is 4. The van der Waals surface area contributed by atoms with Gasteiger partial charge in [-0.05, 0) is 19.3 Å². The lowest BCUT2D eigenvalue weighted by Gasteiger charge is -2.02. The molecule has 0 atom stereocenters. The second-order valence-electron chi connectivity index (χ2n) is 3.53. The number of nitrogens with one attached hydrogen (secondary N) is 1. The van der Waals surface area contributed by atoms with Crippen LogP contribution in [0.2, 0.25) is 0 Å². The van der Waals surface area contributed by atoms with E-state index in [0.717, 1.165) is 19.3 Å². The summed E-state index contributed by atoms with van der Waals surface area (Å²) in [5.74, 6) is 0.655. The molecule has 0 spiro atoms. The predicted octanol–water partition coefficient (Wildman–Crippen LogP) is 1.94. The first kappa shape index (κ1) is 13.9. The lowest BCUT2D eigenvalue weighted by atomic mass is 10.2. The van der Waals surface area contributed by atoms with Crippen LogP contribution in [-0.2, 0) is 0 Å². The third kappa shape index (κ3) is 5.14. The number of amides is 1. The summed E-state index contributed by atoms with van der Waals surface area (Å²) in [6.45, 7) is 0.641. The Kier molecular flexibility index (Phi) is 5.93. The summed E-state index contributed by atoms with van der Waals surface area (Å²) >= 11 is 6.14. The van der Waals surface area contributed by atoms with Gasteiger partial charge in [-0.2, -0.15) is 0 Å². The van der Waals surface area contributed by atoms with Crippen molar-refractivity contribution in [1.29, 1.82) is 0 Å². The summed E-state index contributed by atoms with van der Waals surface area (Å²) < 4.78 is 5.02. The number of thiophene rings is 1. The summed E-state index contributed by atoms with van der Waals surface area (Å²) in [5, 5.41) is 4.65. The summed E-state index contributed by atoms with van der Waals surface area (Å²) in [5.41, 5.74) is 5.38. The molecule has 94 valence electrons. The van der Waals surface area contributed by atoms with E-state index in [4.69, 9.17) is 22.7 Å². The molecule has 1 aromatic heterocycles. The highest BCUT2D eigenvalue weighted by Gasteiger charge is 2.08. The molecule has 3 N–H and O–H groups in total. The number of methoxy groups -OCH3 is 1. The molecule has 0 aliphatic heterocycles. The highest BCUT2D eigenvalue weighted by molar-refractivity contribution is 7.80. The van der Waals surface area contributed by atoms with E-state index in [9.17, 15) is 4.79 Å². The number of unbranched alkanes of at least 4 members (excludes halogenated alkanes) is 1. The molecule has 4 nitrogen and oxygen atoms in total. The van der Waals surface area contributed by atoms with Gasteiger partial charge < -0.3 is 15.8 Å². The first-order valence-corrected chi connectivity index (χ1v) is 6.61. The van der Waals surface area contributed by atoms with Gasteiger partial charge >= 0.3 is 0 Å². The Morgan fingerprint density at radius 3 is 2.94 bits per heavy atom. The van der Waals surface area contributed by atoms with E-state index in [2.05, 4.69) is 5.32 Å². The highest BCUT2D eigenvalue weighted by atomic mass is 32.1. The van der Waals surface area contributed by atoms with Crippen molar-refractivity contribution < 1.29 is 9.53 Å². The van der Waals surface area contributed by atoms with E-state index in [1.807, 2.05) is 5.38 Å². The Morgan fingerprint density at radius 1 is 1.59 bits per heavy atom. The molecule has 1 aromatic rings. The van der Waals surface area contributed by atoms with Crippen molar-refractivity contribution in [2.75, 3.05) is 13.7 Å². The molecule has 17 heavy (non-hydrogen) atoms. The van der Waals surface area contributed by atoms with Crippen LogP contribution in [0.25, 0.3) is 0 Å². The molecule has 0 aliphatic carbocycles. The molecule has 6 heteroatoms. The highest BCUT2D eigenvalue weighted by Crippen LogP contribution is 2.20. The zero-order valence-corrected chi connectivity index (χ0v) is 11.3. The smallest absolute Gasteiger partial charge is 0.261 e. The zero-order chi connectivity index (χ0) is 12.7. The normalized spacial score (nSPS) is 9.94. The summed E-state index contributed by atoms with van der Waals surface area (Å²) in [4.78, 5) is 12.9. The van der Waals surface area contributed by atoms with Gasteiger partial charge in [0, 0.05) is 18.0 Å². The topological polar surface area (TPSA) is 64.3 Å². The minimum Gasteiger partial charge on any atom is -0.496 e. The monoisotopic (exact) mass is 272 g/mol. The Hall–Kier alpha value is -1.14. The van der Waals surface area contributed by atoms with E-state index < -0.39 is 0 Å². The number of rotatable bonds is 7. The van der Waals surface area contributed by atoms with Gasteiger partial charge in [0.1, 0.15) is 5.75 Å². The van der Waals surface area contributed by atoms with Crippen molar-refractivity contribution in [1.82, 2.24) is 5.32 Å². The van der Waals surface area contributed by atoms with Crippen LogP contribution in [0.3, 0.4) is 0 Å². The van der Waals surface area contributed by atoms with Crippen molar-refractivity contribution in [3.8, 4) is 5.75 Å². The standard InChI is InChI=1S/C11H16N2O2S2/c1-15-8-6-9(17-7-8)11(14)13-5-3-2-4-10(12)16/h6-7H,2-5H2,1H3,(H2,12,16)(H,13,14). The number of carbonyl (C=O) groups is 1. The SMILES string of the molecule is COc1csc(C(=O)NCCCCC(N)=S)c1. The Morgan fingerprint density at radius 2 is 2.35 bits per heavy atom. The molecule has 0 aromatic carbocycles. The van der Waals surface area contributed by atoms with E-state index in [-0.39, 0.29) is 5.91 Å². The van der Waals surface area contributed by atoms with Gasteiger partial charge in [-0.15, -0.1) is 11.3 Å². The molecule has 1 rings (SSSR count). The molecular weight excluding hydrogens is 256 g/mol. The molecule has 1 amide bonds. The van der Waals surface area contributed by atoms with Gasteiger partial charge in [0.25, 0.3) is 5.91 Å². The van der Waals surface area contributed by atoms with Crippen molar-refractivity contribution in [3.05, 3.63) is 16.3 Å². The zero-order valence-electron chi connectivity index (χ0n) is 9.69. The number of ether oxygens (including phenoxy) is 1. The van der Waals surface area contributed by atoms with Gasteiger partial charge in [0.15, 0.2) is 0 Å². The molecule has 0 fully saturated rings. The average molecular weight is 272 g/mol. The van der Waals surface area contributed by atoms with Crippen molar-refractivity contribution >= 4 is 34.5 Å². The number of nitrogens with two attached hydrogens (primary N) is 1. The van der Waals surface area contributed by atoms with Crippen LogP contribution in [0, 0.1) is 0 Å². The van der Waals surface area contributed by atoms with E-state index in [0.29, 0.717) is 22.2 Å². The molecule has 0 saturated heterocycles. The lowest BCUT2D eigenvalue weighted by molar-refractivity contribution is 0.0957. The van der Waals surface area contributed by atoms with E-state index >= 15 is 0 Å². The van der Waals surface area contributed by atoms with E-state index in [1.54, 1.807) is 13.2 Å². The molecule has 0 aliphatic rings. The molecule has 0 saturated carbocycles. The minimum absolute atomic E-state index is 0.0615. The van der Waals surface area contributed by atoms with Crippen LogP contribution in [-0.4, -0.2) is 24.6 Å². The number of carbonyl (C=O) groups excluding carboxylic acids is 1. The van der Waals surface area contributed by atoms with Crippen LogP contribution < -0.4 is 15.8 Å². The minimum atomic E-state index is -0.0615. The third-order valence-electron chi connectivity index (χ3n) is 2.17. The summed E-state index contributed by atoms with van der Waals surface area (Å²) in [6, 6.07) is 1.73. The Labute approximate surface area is 110 Å². The maximum absolute atomic E-state index is 11.7. The Bertz CT molecular complexity index is 391. The van der Waals surface area contributed by atoms with Gasteiger partial charge in [0.05, 0.1) is 17.0 Å². The fourth-order valence-corrected chi connectivity index (χ4v) is 2.17. The van der Waals surface area contributed by atoms with Gasteiger partial charge in [-0.3, -0.25) is 4.79 Å². The van der Waals surface area contributed by atoms with Crippen LogP contribution in [0.1, 0.15) is 28.9 Å². The molecule has 1 heterocycles. The van der Waals surface area contributed by atoms with Crippen molar-refractivity contribution in [3.63, 3.8) is 0 Å². The summed E-state index contributed by atoms with van der Waals surface area (Å²) in [6.07, 6.45) is 2.52. The average Bonchev–Trinajstić information content (AvgIpc) is 2.76. The quantitative estimate of drug-likeness (QED) is 0.588. The number of thiocarbonyl (C=S) groups is 1. The molecule has 0 unspecified atom stereocenters. The maximum Gasteiger partial charge on any atom is 0.261 e.